The summed E-state index contributed by atoms with van der Waals surface area (Å²) >= 11 is 8.91. The number of hydrogen-bond donors (Lipinski definition) is 1. The lowest BCUT2D eigenvalue weighted by Gasteiger charge is -2.02. The maximum Gasteiger partial charge on any atom is 0.327 e. The van der Waals surface area contributed by atoms with E-state index in [2.05, 4.69) is 15.9 Å². The van der Waals surface area contributed by atoms with Crippen LogP contribution in [0, 0.1) is 10.1 Å². The molecule has 1 aromatic rings. The Hall–Kier alpha value is -1.40. The molecule has 0 unspecified atom stereocenters. The fourth-order valence-corrected chi connectivity index (χ4v) is 1.75. The zero-order valence-electron chi connectivity index (χ0n) is 8.39. The Bertz CT molecular complexity index is 501. The van der Waals surface area contributed by atoms with E-state index in [-0.39, 0.29) is 17.1 Å². The van der Waals surface area contributed by atoms with E-state index in [0.717, 1.165) is 6.08 Å². The van der Waals surface area contributed by atoms with E-state index in [1.807, 2.05) is 0 Å². The molecule has 0 saturated carbocycles. The third-order valence-electron chi connectivity index (χ3n) is 1.92. The lowest BCUT2D eigenvalue weighted by molar-refractivity contribution is -0.385. The molecule has 90 valence electrons. The highest BCUT2D eigenvalue weighted by molar-refractivity contribution is 9.10. The molecule has 7 heteroatoms. The molecular weight excluding hydrogens is 313 g/mol. The minimum atomic E-state index is -1.10. The summed E-state index contributed by atoms with van der Waals surface area (Å²) in [7, 11) is 0. The van der Waals surface area contributed by atoms with E-state index in [1.54, 1.807) is 0 Å². The van der Waals surface area contributed by atoms with Gasteiger partial charge >= 0.3 is 5.97 Å². The van der Waals surface area contributed by atoms with Crippen molar-refractivity contribution in [2.75, 3.05) is 0 Å². The molecule has 0 aliphatic heterocycles. The molecule has 0 bridgehead atoms. The van der Waals surface area contributed by atoms with Gasteiger partial charge in [-0.05, 0) is 28.4 Å². The third kappa shape index (κ3) is 3.83. The molecule has 1 rings (SSSR count). The highest BCUT2D eigenvalue weighted by Crippen LogP contribution is 2.31. The van der Waals surface area contributed by atoms with Crippen LogP contribution in [0.3, 0.4) is 0 Å². The standard InChI is InChI=1S/C10H7BrClNO4/c11-7-4-6(2-1-3-10(14)15)9(13(16)17)5-8(7)12/h1,3-5H,2H2,(H,14,15)/b3-1+. The number of carboxylic acid groups (broad SMARTS) is 1. The first-order chi connectivity index (χ1) is 7.91. The van der Waals surface area contributed by atoms with Gasteiger partial charge in [0.15, 0.2) is 0 Å². The SMILES string of the molecule is O=C(O)/C=C/Cc1cc(Br)c(Cl)cc1[N+](=O)[O-]. The summed E-state index contributed by atoms with van der Waals surface area (Å²) in [5, 5.41) is 19.4. The molecule has 0 aliphatic rings. The topological polar surface area (TPSA) is 80.4 Å². The number of nitro groups is 1. The molecule has 0 atom stereocenters. The van der Waals surface area contributed by atoms with Gasteiger partial charge < -0.3 is 5.11 Å². The lowest BCUT2D eigenvalue weighted by atomic mass is 10.1. The molecule has 0 heterocycles. The van der Waals surface area contributed by atoms with Crippen LogP contribution in [0.15, 0.2) is 28.8 Å². The van der Waals surface area contributed by atoms with E-state index in [1.165, 1.54) is 18.2 Å². The van der Waals surface area contributed by atoms with Crippen LogP contribution in [-0.2, 0) is 11.2 Å². The first kappa shape index (κ1) is 13.7. The first-order valence-corrected chi connectivity index (χ1v) is 5.60. The van der Waals surface area contributed by atoms with Gasteiger partial charge in [0.1, 0.15) is 0 Å². The van der Waals surface area contributed by atoms with Crippen molar-refractivity contribution in [1.82, 2.24) is 0 Å². The Labute approximate surface area is 110 Å². The summed E-state index contributed by atoms with van der Waals surface area (Å²) in [5.74, 6) is -1.10. The summed E-state index contributed by atoms with van der Waals surface area (Å²) in [6.07, 6.45) is 2.43. The molecule has 0 aromatic heterocycles. The van der Waals surface area contributed by atoms with Gasteiger partial charge in [-0.25, -0.2) is 4.79 Å². The molecule has 0 fully saturated rings. The molecule has 0 spiro atoms. The summed E-state index contributed by atoms with van der Waals surface area (Å²) in [4.78, 5) is 20.5. The number of benzene rings is 1. The predicted octanol–water partition coefficient (Wildman–Crippen LogP) is 3.19. The molecular formula is C10H7BrClNO4. The minimum absolute atomic E-state index is 0.131. The van der Waals surface area contributed by atoms with Crippen LogP contribution in [0.2, 0.25) is 5.02 Å². The van der Waals surface area contributed by atoms with E-state index >= 15 is 0 Å². The van der Waals surface area contributed by atoms with Gasteiger partial charge in [-0.15, -0.1) is 0 Å². The average molecular weight is 321 g/mol. The zero-order valence-corrected chi connectivity index (χ0v) is 10.7. The van der Waals surface area contributed by atoms with Crippen LogP contribution in [0.5, 0.6) is 0 Å². The monoisotopic (exact) mass is 319 g/mol. The number of nitrogens with zero attached hydrogens (tertiary/aromatic N) is 1. The molecule has 0 saturated heterocycles. The van der Waals surface area contributed by atoms with Gasteiger partial charge in [0.2, 0.25) is 0 Å². The fraction of sp³-hybridized carbons (Fsp3) is 0.100. The Morgan fingerprint density at radius 1 is 1.59 bits per heavy atom. The van der Waals surface area contributed by atoms with Gasteiger partial charge in [0.25, 0.3) is 5.69 Å². The second-order valence-corrected chi connectivity index (χ2v) is 4.36. The Balaban J connectivity index is 3.08. The number of carbonyl (C=O) groups is 1. The minimum Gasteiger partial charge on any atom is -0.478 e. The Morgan fingerprint density at radius 3 is 2.76 bits per heavy atom. The van der Waals surface area contributed by atoms with E-state index in [0.29, 0.717) is 10.0 Å². The predicted molar refractivity (Wildman–Crippen MR) is 66.3 cm³/mol. The summed E-state index contributed by atoms with van der Waals surface area (Å²) in [5.41, 5.74) is 0.261. The van der Waals surface area contributed by atoms with Crippen molar-refractivity contribution in [3.05, 3.63) is 49.5 Å². The van der Waals surface area contributed by atoms with E-state index in [9.17, 15) is 14.9 Å². The van der Waals surface area contributed by atoms with Crippen molar-refractivity contribution in [1.29, 1.82) is 0 Å². The van der Waals surface area contributed by atoms with Crippen molar-refractivity contribution < 1.29 is 14.8 Å². The second-order valence-electron chi connectivity index (χ2n) is 3.10. The Morgan fingerprint density at radius 2 is 2.24 bits per heavy atom. The molecule has 0 amide bonds. The molecule has 1 aromatic carbocycles. The van der Waals surface area contributed by atoms with Crippen LogP contribution in [0.25, 0.3) is 0 Å². The third-order valence-corrected chi connectivity index (χ3v) is 3.11. The number of hydrogen-bond acceptors (Lipinski definition) is 3. The largest absolute Gasteiger partial charge is 0.478 e. The zero-order chi connectivity index (χ0) is 13.0. The molecule has 5 nitrogen and oxygen atoms in total. The fourth-order valence-electron chi connectivity index (χ4n) is 1.20. The van der Waals surface area contributed by atoms with Crippen LogP contribution < -0.4 is 0 Å². The summed E-state index contributed by atoms with van der Waals surface area (Å²) in [6, 6.07) is 2.74. The van der Waals surface area contributed by atoms with Gasteiger partial charge in [-0.2, -0.15) is 0 Å². The maximum absolute atomic E-state index is 10.8. The van der Waals surface area contributed by atoms with Crippen LogP contribution in [-0.4, -0.2) is 16.0 Å². The van der Waals surface area contributed by atoms with Crippen molar-refractivity contribution in [2.24, 2.45) is 0 Å². The normalized spacial score (nSPS) is 10.7. The van der Waals surface area contributed by atoms with Gasteiger partial charge in [0.05, 0.1) is 9.95 Å². The number of aliphatic carboxylic acids is 1. The van der Waals surface area contributed by atoms with Crippen molar-refractivity contribution in [2.45, 2.75) is 6.42 Å². The lowest BCUT2D eigenvalue weighted by Crippen LogP contribution is -1.96. The van der Waals surface area contributed by atoms with Crippen LogP contribution in [0.4, 0.5) is 5.69 Å². The number of carboxylic acids is 1. The molecule has 0 aliphatic carbocycles. The number of nitro benzene ring substituents is 1. The maximum atomic E-state index is 10.8. The molecule has 0 radical (unpaired) electrons. The van der Waals surface area contributed by atoms with Gasteiger partial charge in [-0.3, -0.25) is 10.1 Å². The van der Waals surface area contributed by atoms with Gasteiger partial charge in [-0.1, -0.05) is 17.7 Å². The van der Waals surface area contributed by atoms with Crippen molar-refractivity contribution >= 4 is 39.2 Å². The average Bonchev–Trinajstić information content (AvgIpc) is 2.22. The molecule has 1 N–H and O–H groups in total. The number of allylic oxidation sites excluding steroid dienone is 1. The highest BCUT2D eigenvalue weighted by Gasteiger charge is 2.15. The summed E-state index contributed by atoms with van der Waals surface area (Å²) in [6.45, 7) is 0. The smallest absolute Gasteiger partial charge is 0.327 e. The quantitative estimate of drug-likeness (QED) is 0.525. The number of rotatable bonds is 4. The van der Waals surface area contributed by atoms with Crippen molar-refractivity contribution in [3.63, 3.8) is 0 Å². The summed E-state index contributed by atoms with van der Waals surface area (Å²) < 4.78 is 0.531. The van der Waals surface area contributed by atoms with Crippen LogP contribution >= 0.6 is 27.5 Å². The second kappa shape index (κ2) is 5.79. The Kier molecular flexibility index (Phi) is 4.65. The van der Waals surface area contributed by atoms with Crippen molar-refractivity contribution in [3.8, 4) is 0 Å². The number of halogens is 2. The highest BCUT2D eigenvalue weighted by atomic mass is 79.9. The van der Waals surface area contributed by atoms with Gasteiger partial charge in [0, 0.05) is 22.2 Å². The van der Waals surface area contributed by atoms with E-state index < -0.39 is 10.9 Å². The first-order valence-electron chi connectivity index (χ1n) is 4.43. The van der Waals surface area contributed by atoms with Crippen LogP contribution in [0.1, 0.15) is 5.56 Å². The van der Waals surface area contributed by atoms with E-state index in [4.69, 9.17) is 16.7 Å². The molecule has 17 heavy (non-hydrogen) atoms.